The van der Waals surface area contributed by atoms with E-state index in [1.165, 1.54) is 19.3 Å². The maximum absolute atomic E-state index is 11.5. The van der Waals surface area contributed by atoms with E-state index < -0.39 is 0 Å². The first-order valence-corrected chi connectivity index (χ1v) is 5.54. The highest BCUT2D eigenvalue weighted by molar-refractivity contribution is 5.81. The van der Waals surface area contributed by atoms with Crippen molar-refractivity contribution in [3.8, 4) is 0 Å². The largest absolute Gasteiger partial charge is 0.293 e. The lowest BCUT2D eigenvalue weighted by Crippen LogP contribution is -2.50. The third-order valence-corrected chi connectivity index (χ3v) is 2.84. The molecule has 1 fully saturated rings. The number of rotatable bonds is 4. The molecule has 14 heavy (non-hydrogen) atoms. The zero-order chi connectivity index (χ0) is 10.4. The van der Waals surface area contributed by atoms with Gasteiger partial charge in [-0.25, -0.2) is 5.84 Å². The molecular weight excluding hydrogens is 178 g/mol. The Labute approximate surface area is 85.8 Å². The molecule has 0 bridgehead atoms. The molecule has 0 aromatic heterocycles. The van der Waals surface area contributed by atoms with Crippen LogP contribution in [0.4, 0.5) is 0 Å². The van der Waals surface area contributed by atoms with Gasteiger partial charge >= 0.3 is 0 Å². The van der Waals surface area contributed by atoms with Crippen molar-refractivity contribution in [1.29, 1.82) is 0 Å². The molecule has 0 spiro atoms. The monoisotopic (exact) mass is 199 g/mol. The smallest absolute Gasteiger partial charge is 0.251 e. The number of nitrogens with zero attached hydrogens (tertiary/aromatic N) is 1. The molecule has 1 amide bonds. The molecule has 0 radical (unpaired) electrons. The van der Waals surface area contributed by atoms with Crippen molar-refractivity contribution in [1.82, 2.24) is 10.3 Å². The van der Waals surface area contributed by atoms with E-state index in [2.05, 4.69) is 17.2 Å². The van der Waals surface area contributed by atoms with Crippen molar-refractivity contribution >= 4 is 5.91 Å². The van der Waals surface area contributed by atoms with E-state index in [9.17, 15) is 4.79 Å². The van der Waals surface area contributed by atoms with E-state index >= 15 is 0 Å². The summed E-state index contributed by atoms with van der Waals surface area (Å²) in [5.41, 5.74) is 2.27. The highest BCUT2D eigenvalue weighted by atomic mass is 16.2. The molecule has 1 saturated heterocycles. The van der Waals surface area contributed by atoms with Crippen molar-refractivity contribution in [2.75, 3.05) is 13.1 Å². The first-order chi connectivity index (χ1) is 6.79. The summed E-state index contributed by atoms with van der Waals surface area (Å²) in [5, 5.41) is 0. The summed E-state index contributed by atoms with van der Waals surface area (Å²) in [6, 6.07) is -0.00898. The quantitative estimate of drug-likeness (QED) is 0.397. The lowest BCUT2D eigenvalue weighted by molar-refractivity contribution is -0.127. The summed E-state index contributed by atoms with van der Waals surface area (Å²) in [4.78, 5) is 13.8. The van der Waals surface area contributed by atoms with Crippen LogP contribution < -0.4 is 11.3 Å². The first-order valence-electron chi connectivity index (χ1n) is 5.54. The molecule has 1 heterocycles. The van der Waals surface area contributed by atoms with E-state index in [4.69, 9.17) is 5.84 Å². The zero-order valence-corrected chi connectivity index (χ0v) is 8.96. The number of nitrogens with one attached hydrogen (secondary N) is 1. The second-order valence-electron chi connectivity index (χ2n) is 3.91. The van der Waals surface area contributed by atoms with Gasteiger partial charge in [-0.3, -0.25) is 15.1 Å². The Balaban J connectivity index is 2.50. The van der Waals surface area contributed by atoms with Gasteiger partial charge in [-0.15, -0.1) is 0 Å². The topological polar surface area (TPSA) is 58.4 Å². The summed E-state index contributed by atoms with van der Waals surface area (Å²) in [7, 11) is 0. The molecule has 82 valence electrons. The Bertz CT molecular complexity index is 178. The number of hydrogen-bond acceptors (Lipinski definition) is 3. The molecule has 0 unspecified atom stereocenters. The Morgan fingerprint density at radius 3 is 2.57 bits per heavy atom. The van der Waals surface area contributed by atoms with Crippen LogP contribution in [0.5, 0.6) is 0 Å². The van der Waals surface area contributed by atoms with Crippen LogP contribution >= 0.6 is 0 Å². The fraction of sp³-hybridized carbons (Fsp3) is 0.900. The molecule has 0 aromatic rings. The van der Waals surface area contributed by atoms with Gasteiger partial charge in [-0.2, -0.15) is 0 Å². The van der Waals surface area contributed by atoms with Crippen molar-refractivity contribution in [2.24, 2.45) is 5.84 Å². The minimum atomic E-state index is -0.0336. The van der Waals surface area contributed by atoms with Gasteiger partial charge in [0.1, 0.15) is 0 Å². The van der Waals surface area contributed by atoms with Gasteiger partial charge < -0.3 is 0 Å². The predicted molar refractivity (Wildman–Crippen MR) is 56.5 cm³/mol. The molecule has 1 atom stereocenters. The fourth-order valence-corrected chi connectivity index (χ4v) is 2.08. The van der Waals surface area contributed by atoms with E-state index in [1.807, 2.05) is 0 Å². The van der Waals surface area contributed by atoms with Crippen molar-refractivity contribution < 1.29 is 4.79 Å². The fourth-order valence-electron chi connectivity index (χ4n) is 2.08. The van der Waals surface area contributed by atoms with Crippen molar-refractivity contribution in [3.05, 3.63) is 0 Å². The second kappa shape index (κ2) is 5.98. The third-order valence-electron chi connectivity index (χ3n) is 2.84. The molecule has 4 nitrogen and oxygen atoms in total. The van der Waals surface area contributed by atoms with Crippen molar-refractivity contribution in [2.45, 2.75) is 45.1 Å². The Hall–Kier alpha value is -0.610. The Morgan fingerprint density at radius 2 is 2.07 bits per heavy atom. The average Bonchev–Trinajstić information content (AvgIpc) is 2.26. The van der Waals surface area contributed by atoms with Gasteiger partial charge in [0.15, 0.2) is 0 Å². The number of carbonyl (C=O) groups excluding carboxylic acids is 1. The maximum Gasteiger partial charge on any atom is 0.251 e. The number of hydrazine groups is 1. The molecule has 1 aliphatic heterocycles. The molecule has 1 aliphatic rings. The number of likely N-dealkylation sites (tertiary alicyclic amines) is 1. The second-order valence-corrected chi connectivity index (χ2v) is 3.91. The lowest BCUT2D eigenvalue weighted by Gasteiger charge is -2.33. The summed E-state index contributed by atoms with van der Waals surface area (Å²) in [5.74, 6) is 5.15. The minimum Gasteiger partial charge on any atom is -0.293 e. The molecule has 0 aliphatic carbocycles. The van der Waals surface area contributed by atoms with Crippen LogP contribution in [-0.2, 0) is 4.79 Å². The van der Waals surface area contributed by atoms with E-state index in [0.29, 0.717) is 0 Å². The highest BCUT2D eigenvalue weighted by Crippen LogP contribution is 2.15. The van der Waals surface area contributed by atoms with Crippen LogP contribution in [0, 0.1) is 0 Å². The predicted octanol–water partition coefficient (Wildman–Crippen LogP) is 0.631. The van der Waals surface area contributed by atoms with E-state index in [1.54, 1.807) is 0 Å². The van der Waals surface area contributed by atoms with Crippen LogP contribution in [-0.4, -0.2) is 29.9 Å². The van der Waals surface area contributed by atoms with Crippen LogP contribution in [0.15, 0.2) is 0 Å². The number of piperidine rings is 1. The SMILES string of the molecule is CCC[C@@H](C(=O)NN)N1CCCCC1. The third kappa shape index (κ3) is 2.96. The van der Waals surface area contributed by atoms with Crippen LogP contribution in [0.1, 0.15) is 39.0 Å². The van der Waals surface area contributed by atoms with Gasteiger partial charge in [0.25, 0.3) is 5.91 Å². The van der Waals surface area contributed by atoms with E-state index in [0.717, 1.165) is 25.9 Å². The average molecular weight is 199 g/mol. The van der Waals surface area contributed by atoms with Gasteiger partial charge in [-0.05, 0) is 32.4 Å². The lowest BCUT2D eigenvalue weighted by atomic mass is 10.0. The summed E-state index contributed by atoms with van der Waals surface area (Å²) < 4.78 is 0. The van der Waals surface area contributed by atoms with Gasteiger partial charge in [0.2, 0.25) is 0 Å². The van der Waals surface area contributed by atoms with E-state index in [-0.39, 0.29) is 11.9 Å². The summed E-state index contributed by atoms with van der Waals surface area (Å²) >= 11 is 0. The molecule has 3 N–H and O–H groups in total. The van der Waals surface area contributed by atoms with Crippen LogP contribution in [0.2, 0.25) is 0 Å². The molecule has 0 aromatic carbocycles. The molecular formula is C10H21N3O. The standard InChI is InChI=1S/C10H21N3O/c1-2-6-9(10(14)12-11)13-7-4-3-5-8-13/h9H,2-8,11H2,1H3,(H,12,14)/t9-/m0/s1. The minimum absolute atomic E-state index is 0.00898. The van der Waals surface area contributed by atoms with Gasteiger partial charge in [0.05, 0.1) is 6.04 Å². The Kier molecular flexibility index (Phi) is 4.90. The van der Waals surface area contributed by atoms with Crippen LogP contribution in [0.25, 0.3) is 0 Å². The van der Waals surface area contributed by atoms with Gasteiger partial charge in [-0.1, -0.05) is 19.8 Å². The Morgan fingerprint density at radius 1 is 1.43 bits per heavy atom. The summed E-state index contributed by atoms with van der Waals surface area (Å²) in [6.07, 6.45) is 5.63. The van der Waals surface area contributed by atoms with Crippen molar-refractivity contribution in [3.63, 3.8) is 0 Å². The molecule has 0 saturated carbocycles. The number of nitrogens with two attached hydrogens (primary N) is 1. The normalized spacial score (nSPS) is 20.4. The molecule has 4 heteroatoms. The van der Waals surface area contributed by atoms with Gasteiger partial charge in [0, 0.05) is 0 Å². The first kappa shape index (κ1) is 11.5. The van der Waals surface area contributed by atoms with Crippen LogP contribution in [0.3, 0.4) is 0 Å². The number of carbonyl (C=O) groups is 1. The summed E-state index contributed by atoms with van der Waals surface area (Å²) in [6.45, 7) is 4.18. The number of amides is 1. The molecule has 1 rings (SSSR count). The number of hydrogen-bond donors (Lipinski definition) is 2. The highest BCUT2D eigenvalue weighted by Gasteiger charge is 2.25. The zero-order valence-electron chi connectivity index (χ0n) is 8.96. The maximum atomic E-state index is 11.5.